The molecule has 31 nitrogen and oxygen atoms in total. The number of ether oxygens (including phenoxy) is 1. The molecule has 20 aliphatic rings. The number of aryl methyl sites for hydroxylation is 4. The van der Waals surface area contributed by atoms with E-state index >= 15 is 0 Å². The zero-order valence-electron chi connectivity index (χ0n) is 80.5. The van der Waals surface area contributed by atoms with Gasteiger partial charge in [0.05, 0.1) is 40.1 Å². The van der Waals surface area contributed by atoms with Gasteiger partial charge in [0.2, 0.25) is 0 Å². The van der Waals surface area contributed by atoms with E-state index in [2.05, 4.69) is 109 Å². The summed E-state index contributed by atoms with van der Waals surface area (Å²) in [6, 6.07) is 39.6. The second kappa shape index (κ2) is 44.8. The molecule has 5 heterocycles. The van der Waals surface area contributed by atoms with Crippen molar-refractivity contribution in [1.29, 1.82) is 0 Å². The van der Waals surface area contributed by atoms with Crippen LogP contribution >= 0.6 is 51.1 Å². The van der Waals surface area contributed by atoms with Crippen LogP contribution in [0.15, 0.2) is 121 Å². The monoisotopic (exact) mass is 2220 g/mol. The Hall–Kier alpha value is -8.62. The molecule has 20 bridgehead atoms. The number of carbonyl (C=O) groups excluding carboxylic acids is 5. The van der Waals surface area contributed by atoms with E-state index in [4.69, 9.17) is 40.5 Å². The number of aromatic nitrogens is 10. The fourth-order valence-electron chi connectivity index (χ4n) is 31.0. The molecule has 5 aromatic heterocycles. The number of amides is 5. The van der Waals surface area contributed by atoms with Crippen molar-refractivity contribution in [2.75, 3.05) is 42.1 Å². The largest absolute Gasteiger partial charge is 0.396 e. The average molecular weight is 2220 g/mol. The number of hydrogen-bond donors (Lipinski definition) is 10. The molecule has 0 spiro atoms. The number of hydrogen-bond acceptors (Lipinski definition) is 19. The van der Waals surface area contributed by atoms with Crippen molar-refractivity contribution >= 4 is 135 Å². The number of rotatable bonds is 28. The van der Waals surface area contributed by atoms with Crippen LogP contribution in [-0.4, -0.2) is 174 Å². The van der Waals surface area contributed by atoms with Gasteiger partial charge in [0, 0.05) is 133 Å². The predicted octanol–water partition coefficient (Wildman–Crippen LogP) is 18.7. The molecular weight excluding hydrogens is 2080 g/mol. The number of aromatic amines is 1. The average Bonchev–Trinajstić information content (AvgIpc) is 1.64. The Bertz CT molecular complexity index is 5790. The molecule has 20 fully saturated rings. The number of aliphatic hydroxyl groups is 2. The smallest absolute Gasteiger partial charge is 0.294 e. The van der Waals surface area contributed by atoms with Gasteiger partial charge >= 0.3 is 0 Å². The number of nitrogens with zero attached hydrogens (tertiary/aromatic N) is 11. The maximum atomic E-state index is 13.3. The number of benzene rings is 5. The van der Waals surface area contributed by atoms with Gasteiger partial charge in [0.1, 0.15) is 0 Å². The van der Waals surface area contributed by atoms with E-state index in [0.29, 0.717) is 73.6 Å². The van der Waals surface area contributed by atoms with Gasteiger partial charge in [-0.05, 0) is 344 Å². The summed E-state index contributed by atoms with van der Waals surface area (Å²) in [5.74, 6) is 12.5. The van der Waals surface area contributed by atoms with E-state index in [9.17, 15) is 34.1 Å². The molecule has 0 aliphatic heterocycles. The predicted molar refractivity (Wildman–Crippen MR) is 548 cm³/mol. The minimum absolute atomic E-state index is 0. The summed E-state index contributed by atoms with van der Waals surface area (Å²) in [6.45, 7) is 3.77. The second-order valence-corrected chi connectivity index (χ2v) is 46.8. The van der Waals surface area contributed by atoms with Crippen molar-refractivity contribution in [3.8, 4) is 0 Å². The van der Waals surface area contributed by atoms with Crippen molar-refractivity contribution in [2.24, 2.45) is 88.8 Å². The number of halogens is 2. The number of fused-ring (bicyclic) bond motifs is 5. The van der Waals surface area contributed by atoms with E-state index in [0.717, 1.165) is 243 Å². The molecule has 35 heteroatoms. The van der Waals surface area contributed by atoms with Crippen molar-refractivity contribution in [1.82, 2.24) is 75.9 Å². The second-order valence-electron chi connectivity index (χ2n) is 44.7. The Kier molecular flexibility index (Phi) is 32.5. The number of alkyl halides is 2. The zero-order chi connectivity index (χ0) is 97.0. The van der Waals surface area contributed by atoms with Crippen molar-refractivity contribution in [3.63, 3.8) is 0 Å². The molecule has 20 aliphatic carbocycles. The first-order valence-electron chi connectivity index (χ1n) is 51.8. The number of carbonyl (C=O) groups is 5. The number of para-hydroxylation sites is 5. The molecule has 5 aromatic carbocycles. The molecule has 30 rings (SSSR count). The van der Waals surface area contributed by atoms with Gasteiger partial charge in [0.15, 0.2) is 28.5 Å². The van der Waals surface area contributed by atoms with E-state index in [1.807, 2.05) is 129 Å². The van der Waals surface area contributed by atoms with Crippen LogP contribution in [0.3, 0.4) is 0 Å². The van der Waals surface area contributed by atoms with Gasteiger partial charge in [-0.2, -0.15) is 38.1 Å². The fraction of sp³-hybridized carbons (Fsp3) is 0.623. The quantitative estimate of drug-likeness (QED) is 0.00318. The fourth-order valence-corrected chi connectivity index (χ4v) is 31.8. The van der Waals surface area contributed by atoms with Crippen molar-refractivity contribution in [2.45, 2.75) is 279 Å². The molecule has 0 saturated heterocycles. The summed E-state index contributed by atoms with van der Waals surface area (Å²) < 4.78 is 14.0. The Morgan fingerprint density at radius 2 is 0.631 bits per heavy atom. The number of aliphatic hydroxyl groups excluding tert-OH is 2. The molecule has 0 atom stereocenters. The number of thiol groups is 1. The van der Waals surface area contributed by atoms with Gasteiger partial charge in [-0.15, -0.1) is 20.2 Å². The first-order chi connectivity index (χ1) is 67.8. The third-order valence-corrected chi connectivity index (χ3v) is 35.6. The Morgan fingerprint density at radius 1 is 0.390 bits per heavy atom. The van der Waals surface area contributed by atoms with Crippen LogP contribution in [0.2, 0.25) is 0 Å². The Labute approximate surface area is 865 Å². The summed E-state index contributed by atoms with van der Waals surface area (Å²) in [4.78, 5) is 88.9. The van der Waals surface area contributed by atoms with Gasteiger partial charge < -0.3 is 51.6 Å². The normalized spacial score (nSPS) is 30.2. The maximum absolute atomic E-state index is 13.3. The summed E-state index contributed by atoms with van der Waals surface area (Å²) in [6.07, 6.45) is 41.7. The minimum Gasteiger partial charge on any atom is -0.396 e. The van der Waals surface area contributed by atoms with E-state index in [-0.39, 0.29) is 92.8 Å². The number of H-pyrrole nitrogens is 1. The third-order valence-electron chi connectivity index (χ3n) is 34.0. The van der Waals surface area contributed by atoms with E-state index in [1.165, 1.54) is 135 Å². The first kappa shape index (κ1) is 102. The van der Waals surface area contributed by atoms with Crippen LogP contribution in [0.1, 0.15) is 277 Å². The third kappa shape index (κ3) is 23.4. The Balaban J connectivity index is 0.000000114. The molecule has 9 N–H and O–H groups in total. The van der Waals surface area contributed by atoms with Crippen LogP contribution in [0.4, 0.5) is 0 Å². The molecule has 761 valence electrons. The van der Waals surface area contributed by atoms with Crippen LogP contribution < -0.4 is 26.6 Å². The van der Waals surface area contributed by atoms with Crippen molar-refractivity contribution < 1.29 is 81.5 Å². The summed E-state index contributed by atoms with van der Waals surface area (Å²) in [5.41, 5.74) is 7.62. The van der Waals surface area contributed by atoms with Crippen LogP contribution in [0.25, 0.3) is 54.5 Å². The van der Waals surface area contributed by atoms with Crippen LogP contribution in [-0.2, 0) is 58.1 Å². The van der Waals surface area contributed by atoms with E-state index < -0.39 is 10.2 Å². The van der Waals surface area contributed by atoms with Gasteiger partial charge in [-0.3, -0.25) is 47.8 Å². The van der Waals surface area contributed by atoms with Crippen LogP contribution in [0, 0.1) is 109 Å². The molecule has 0 unspecified atom stereocenters. The number of nitrogens with one attached hydrogen (secondary N) is 6. The van der Waals surface area contributed by atoms with E-state index in [1.54, 1.807) is 4.68 Å². The molecule has 10 aromatic rings. The molecular formula is C106H137AgBrIN17O14S. The van der Waals surface area contributed by atoms with Gasteiger partial charge in [0.25, 0.3) is 39.7 Å². The summed E-state index contributed by atoms with van der Waals surface area (Å²) >= 11 is 9.62. The topological polar surface area (TPSA) is 411 Å². The zero-order valence-corrected chi connectivity index (χ0v) is 86.6. The molecule has 5 amide bonds. The van der Waals surface area contributed by atoms with Crippen molar-refractivity contribution in [3.05, 3.63) is 170 Å². The Morgan fingerprint density at radius 3 is 0.879 bits per heavy atom. The SMILES string of the molecule is O=C(NC12CC3CC(CC(C3)C1)C2)c1n[nH]c2ccccc12.O=C(NC12CC3CC(CC(C3)C1)C2)c1nn(CCCI)c2ccccc12.O=C(NC12CC3CC(CC(C3)C1)C2)c1nn(CCCO)c2ccccc12.O=C(NC12CC3CC(CC(C3)C1)C2)c1nn(CCCOCS)c2ccccc12.O=C(NC12CC3CC(CC(C3)C1)C2)c1nn(CCCO[N+](=O)[O-])c2ccccc12.O=[N+]([O-])O.OCCCBr.[Ag]. The molecule has 1 radical (unpaired) electrons. The molecule has 20 saturated carbocycles. The minimum atomic E-state index is -1.50. The maximum Gasteiger partial charge on any atom is 0.294 e. The van der Waals surface area contributed by atoms with Gasteiger partial charge in [-0.1, -0.05) is 130 Å². The first-order valence-corrected chi connectivity index (χ1v) is 55.1. The summed E-state index contributed by atoms with van der Waals surface area (Å²) in [7, 11) is 0. The molecule has 141 heavy (non-hydrogen) atoms. The van der Waals surface area contributed by atoms with Gasteiger partial charge in [-0.25, -0.2) is 0 Å². The standard InChI is InChI=1S/C22H29N3O2S.C21H26IN3O.C21H26N4O4.C21H27N3O2.C18H21N3O.C3H7BrO.Ag.HNO3/c26-21(23-22-11-15-8-16(12-22)10-17(9-15)13-22)20-18-4-1-2-5-19(18)25(24-20)6-3-7-27-14-28;22-6-3-7-25-18-5-2-1-4-17(18)19(24-25)20(26)23-21-11-14-8-15(12-21)10-16(9-14)13-21;26-20(22-21-11-14-8-15(12-21)10-16(9-14)13-21)19-17-4-1-2-5-18(17)24(23-19)6-3-7-29-25(27)28;25-7-3-6-24-18-5-2-1-4-17(18)19(23-24)20(26)22-21-11-14-8-15(12-21)10-16(9-14)13-21;22-17(16-14-3-1-2-4-15(14)20-21-16)19-18-8-11-5-12(9-18)7-13(6-11)10-18;4-2-1-3-5;;2-1(3)4/h1-2,4-5,15-17,28H,3,6-14H2,(H,23,26);1-2,4-5,14-16H,3,6-13H2,(H,23,26);1-2,4-5,14-16H,3,6-13H2,(H,22,26);1-2,4-5,14-16,25H,3,6-13H2,(H,22,26);1-4,11-13H,5-10H2,(H,19,22)(H,20,21);5H,1-3H2;;(H,2,3,4). The summed E-state index contributed by atoms with van der Waals surface area (Å²) in [5, 5.41) is 88.9. The van der Waals surface area contributed by atoms with Crippen LogP contribution in [0.5, 0.6) is 0 Å².